The predicted octanol–water partition coefficient (Wildman–Crippen LogP) is 5.34. The summed E-state index contributed by atoms with van der Waals surface area (Å²) in [5.41, 5.74) is 1.79. The van der Waals surface area contributed by atoms with E-state index in [1.54, 1.807) is 42.6 Å². The molecule has 35 heavy (non-hydrogen) atoms. The number of benzene rings is 3. The summed E-state index contributed by atoms with van der Waals surface area (Å²) >= 11 is 3.40. The van der Waals surface area contributed by atoms with Crippen molar-refractivity contribution in [2.24, 2.45) is 5.10 Å². The van der Waals surface area contributed by atoms with E-state index in [1.807, 2.05) is 13.0 Å². The Morgan fingerprint density at radius 1 is 1.06 bits per heavy atom. The minimum Gasteiger partial charge on any atom is -0.493 e. The molecule has 0 unspecified atom stereocenters. The molecule has 0 spiro atoms. The van der Waals surface area contributed by atoms with Gasteiger partial charge in [-0.05, 0) is 48.0 Å². The quantitative estimate of drug-likeness (QED) is 0.282. The lowest BCUT2D eigenvalue weighted by molar-refractivity contribution is 0.266. The van der Waals surface area contributed by atoms with Crippen molar-refractivity contribution >= 4 is 33.0 Å². The summed E-state index contributed by atoms with van der Waals surface area (Å²) in [6.07, 6.45) is 2.07. The Hall–Kier alpha value is -3.72. The number of halogens is 2. The van der Waals surface area contributed by atoms with E-state index in [9.17, 15) is 9.18 Å². The largest absolute Gasteiger partial charge is 0.493 e. The van der Waals surface area contributed by atoms with Gasteiger partial charge >= 0.3 is 0 Å². The fourth-order valence-electron chi connectivity index (χ4n) is 3.52. The van der Waals surface area contributed by atoms with Crippen molar-refractivity contribution in [1.29, 1.82) is 0 Å². The second kappa shape index (κ2) is 10.7. The molecule has 7 nitrogen and oxygen atoms in total. The van der Waals surface area contributed by atoms with Crippen LogP contribution in [-0.4, -0.2) is 30.1 Å². The van der Waals surface area contributed by atoms with E-state index in [-0.39, 0.29) is 18.0 Å². The maximum Gasteiger partial charge on any atom is 0.282 e. The second-order valence-corrected chi connectivity index (χ2v) is 8.49. The Morgan fingerprint density at radius 2 is 1.74 bits per heavy atom. The van der Waals surface area contributed by atoms with Gasteiger partial charge in [0.15, 0.2) is 11.5 Å². The first kappa shape index (κ1) is 24.4. The van der Waals surface area contributed by atoms with Crippen LogP contribution >= 0.6 is 15.9 Å². The molecule has 9 heteroatoms. The molecule has 0 atom stereocenters. The fourth-order valence-corrected chi connectivity index (χ4v) is 3.88. The van der Waals surface area contributed by atoms with E-state index in [1.165, 1.54) is 31.0 Å². The molecular formula is C26H23BrFN3O4. The van der Waals surface area contributed by atoms with E-state index in [4.69, 9.17) is 14.2 Å². The topological polar surface area (TPSA) is 74.9 Å². The van der Waals surface area contributed by atoms with Gasteiger partial charge in [0.2, 0.25) is 5.75 Å². The van der Waals surface area contributed by atoms with Crippen LogP contribution in [0.1, 0.15) is 23.9 Å². The zero-order valence-corrected chi connectivity index (χ0v) is 21.0. The highest BCUT2D eigenvalue weighted by Gasteiger charge is 2.15. The first-order valence-electron chi connectivity index (χ1n) is 10.8. The van der Waals surface area contributed by atoms with Crippen molar-refractivity contribution < 1.29 is 18.6 Å². The molecule has 0 saturated heterocycles. The smallest absolute Gasteiger partial charge is 0.282 e. The molecule has 3 aromatic carbocycles. The van der Waals surface area contributed by atoms with Gasteiger partial charge in [-0.15, -0.1) is 0 Å². The molecule has 1 heterocycles. The van der Waals surface area contributed by atoms with Crippen LogP contribution in [-0.2, 0) is 13.0 Å². The Bertz CT molecular complexity index is 1430. The Labute approximate surface area is 209 Å². The summed E-state index contributed by atoms with van der Waals surface area (Å²) in [5.74, 6) is 1.49. The van der Waals surface area contributed by atoms with Gasteiger partial charge in [0.25, 0.3) is 5.56 Å². The number of nitrogens with zero attached hydrogens (tertiary/aromatic N) is 3. The minimum atomic E-state index is -0.313. The highest BCUT2D eigenvalue weighted by Crippen LogP contribution is 2.38. The molecule has 0 fully saturated rings. The molecule has 0 N–H and O–H groups in total. The van der Waals surface area contributed by atoms with E-state index < -0.39 is 0 Å². The number of aryl methyl sites for hydroxylation is 1. The molecule has 0 aliphatic rings. The summed E-state index contributed by atoms with van der Waals surface area (Å²) in [6.45, 7) is 2.12. The van der Waals surface area contributed by atoms with Crippen LogP contribution < -0.4 is 19.8 Å². The second-order valence-electron chi connectivity index (χ2n) is 7.57. The van der Waals surface area contributed by atoms with E-state index >= 15 is 0 Å². The summed E-state index contributed by atoms with van der Waals surface area (Å²) in [7, 11) is 3.04. The number of hydrogen-bond donors (Lipinski definition) is 0. The molecule has 1 aromatic heterocycles. The Balaban J connectivity index is 1.68. The third-order valence-electron chi connectivity index (χ3n) is 5.29. The van der Waals surface area contributed by atoms with Crippen molar-refractivity contribution in [2.45, 2.75) is 20.0 Å². The Morgan fingerprint density at radius 3 is 2.37 bits per heavy atom. The van der Waals surface area contributed by atoms with Crippen LogP contribution in [0.4, 0.5) is 4.39 Å². The van der Waals surface area contributed by atoms with Crippen LogP contribution in [0.3, 0.4) is 0 Å². The van der Waals surface area contributed by atoms with Gasteiger partial charge in [0, 0.05) is 16.5 Å². The molecule has 4 rings (SSSR count). The standard InChI is InChI=1S/C26H23BrFN3O4/c1-4-24-30-21-10-7-18(27)13-20(21)26(32)31(24)29-14-17-11-22(33-2)25(23(12-17)34-3)35-15-16-5-8-19(28)9-6-16/h5-14H,4,15H2,1-3H3. The maximum atomic E-state index is 13.2. The molecular weight excluding hydrogens is 517 g/mol. The van der Waals surface area contributed by atoms with Crippen molar-refractivity contribution in [3.05, 3.63) is 92.2 Å². The maximum absolute atomic E-state index is 13.2. The average Bonchev–Trinajstić information content (AvgIpc) is 2.87. The van der Waals surface area contributed by atoms with Gasteiger partial charge in [-0.2, -0.15) is 9.78 Å². The van der Waals surface area contributed by atoms with Gasteiger partial charge in [0.1, 0.15) is 18.2 Å². The fraction of sp³-hybridized carbons (Fsp3) is 0.192. The van der Waals surface area contributed by atoms with Crippen LogP contribution in [0.25, 0.3) is 10.9 Å². The molecule has 0 bridgehead atoms. The van der Waals surface area contributed by atoms with Crippen LogP contribution in [0.15, 0.2) is 69.0 Å². The first-order chi connectivity index (χ1) is 16.9. The van der Waals surface area contributed by atoms with Crippen LogP contribution in [0.5, 0.6) is 17.2 Å². The SMILES string of the molecule is CCc1nc2ccc(Br)cc2c(=O)n1N=Cc1cc(OC)c(OCc2ccc(F)cc2)c(OC)c1. The van der Waals surface area contributed by atoms with Gasteiger partial charge in [-0.1, -0.05) is 35.0 Å². The van der Waals surface area contributed by atoms with E-state index in [2.05, 4.69) is 26.0 Å². The lowest BCUT2D eigenvalue weighted by Gasteiger charge is -2.15. The third-order valence-corrected chi connectivity index (χ3v) is 5.79. The molecule has 4 aromatic rings. The predicted molar refractivity (Wildman–Crippen MR) is 136 cm³/mol. The Kier molecular flexibility index (Phi) is 7.45. The molecule has 0 aliphatic carbocycles. The monoisotopic (exact) mass is 539 g/mol. The summed E-state index contributed by atoms with van der Waals surface area (Å²) in [5, 5.41) is 4.89. The summed E-state index contributed by atoms with van der Waals surface area (Å²) < 4.78 is 32.2. The number of fused-ring (bicyclic) bond motifs is 1. The van der Waals surface area contributed by atoms with Crippen molar-refractivity contribution in [3.63, 3.8) is 0 Å². The summed E-state index contributed by atoms with van der Waals surface area (Å²) in [6, 6.07) is 14.9. The highest BCUT2D eigenvalue weighted by atomic mass is 79.9. The van der Waals surface area contributed by atoms with E-state index in [0.29, 0.717) is 46.0 Å². The van der Waals surface area contributed by atoms with E-state index in [0.717, 1.165) is 10.0 Å². The molecule has 0 aliphatic heterocycles. The van der Waals surface area contributed by atoms with Crippen LogP contribution in [0, 0.1) is 5.82 Å². The van der Waals surface area contributed by atoms with Gasteiger partial charge in [-0.25, -0.2) is 9.37 Å². The van der Waals surface area contributed by atoms with Crippen molar-refractivity contribution in [2.75, 3.05) is 14.2 Å². The zero-order chi connectivity index (χ0) is 24.9. The summed E-state index contributed by atoms with van der Waals surface area (Å²) in [4.78, 5) is 17.7. The van der Waals surface area contributed by atoms with Crippen LogP contribution in [0.2, 0.25) is 0 Å². The lowest BCUT2D eigenvalue weighted by atomic mass is 10.2. The highest BCUT2D eigenvalue weighted by molar-refractivity contribution is 9.10. The number of rotatable bonds is 8. The average molecular weight is 540 g/mol. The van der Waals surface area contributed by atoms with Gasteiger partial charge < -0.3 is 14.2 Å². The van der Waals surface area contributed by atoms with Gasteiger partial charge in [0.05, 0.1) is 31.3 Å². The molecule has 180 valence electrons. The molecule has 0 amide bonds. The van der Waals surface area contributed by atoms with Gasteiger partial charge in [-0.3, -0.25) is 4.79 Å². The number of hydrogen-bond acceptors (Lipinski definition) is 6. The lowest BCUT2D eigenvalue weighted by Crippen LogP contribution is -2.22. The normalized spacial score (nSPS) is 11.2. The molecule has 0 radical (unpaired) electrons. The number of aromatic nitrogens is 2. The minimum absolute atomic E-state index is 0.202. The van der Waals surface area contributed by atoms with Crippen molar-refractivity contribution in [3.8, 4) is 17.2 Å². The van der Waals surface area contributed by atoms with Crippen molar-refractivity contribution in [1.82, 2.24) is 9.66 Å². The number of ether oxygens (including phenoxy) is 3. The third kappa shape index (κ3) is 5.35. The number of methoxy groups -OCH3 is 2. The zero-order valence-electron chi connectivity index (χ0n) is 19.4. The first-order valence-corrected chi connectivity index (χ1v) is 11.6. The molecule has 0 saturated carbocycles.